The van der Waals surface area contributed by atoms with Crippen molar-refractivity contribution in [3.8, 4) is 0 Å². The molecule has 1 aliphatic carbocycles. The van der Waals surface area contributed by atoms with Crippen LogP contribution in [0.1, 0.15) is 34.5 Å². The summed E-state index contributed by atoms with van der Waals surface area (Å²) in [7, 11) is 0. The van der Waals surface area contributed by atoms with Gasteiger partial charge in [0.05, 0.1) is 0 Å². The van der Waals surface area contributed by atoms with E-state index in [1.807, 2.05) is 13.0 Å². The molecule has 0 unspecified atom stereocenters. The third-order valence-corrected chi connectivity index (χ3v) is 3.35. The molecule has 0 bridgehead atoms. The second kappa shape index (κ2) is 3.62. The largest absolute Gasteiger partial charge is 0.350 e. The van der Waals surface area contributed by atoms with Crippen LogP contribution in [0, 0.1) is 13.8 Å². The molecule has 1 saturated carbocycles. The number of aryl methyl sites for hydroxylation is 2. The van der Waals surface area contributed by atoms with E-state index in [1.54, 1.807) is 0 Å². The number of carbonyl (C=O) groups is 1. The van der Waals surface area contributed by atoms with Gasteiger partial charge in [-0.15, -0.1) is 0 Å². The number of hydrogen-bond donors (Lipinski definition) is 2. The molecule has 2 aromatic rings. The van der Waals surface area contributed by atoms with Crippen LogP contribution >= 0.6 is 0 Å². The first-order valence-corrected chi connectivity index (χ1v) is 6.05. The maximum absolute atomic E-state index is 12.0. The lowest BCUT2D eigenvalue weighted by Gasteiger charge is -2.01. The lowest BCUT2D eigenvalue weighted by molar-refractivity contribution is 0.0946. The standard InChI is InChI=1S/C14H16N2O/c1-8-3-6-12-11(7-8)9(2)13(16-12)14(17)15-10-4-5-10/h3,6-7,10,16H,4-5H2,1-2H3,(H,15,17). The topological polar surface area (TPSA) is 44.9 Å². The molecule has 1 heterocycles. The number of rotatable bonds is 2. The number of amides is 1. The maximum atomic E-state index is 12.0. The molecule has 1 aromatic heterocycles. The highest BCUT2D eigenvalue weighted by atomic mass is 16.2. The molecular formula is C14H16N2O. The summed E-state index contributed by atoms with van der Waals surface area (Å²) < 4.78 is 0. The Morgan fingerprint density at radius 3 is 2.82 bits per heavy atom. The van der Waals surface area contributed by atoms with E-state index >= 15 is 0 Å². The number of benzene rings is 1. The fourth-order valence-electron chi connectivity index (χ4n) is 2.15. The van der Waals surface area contributed by atoms with Crippen LogP contribution in [-0.4, -0.2) is 16.9 Å². The van der Waals surface area contributed by atoms with Crippen LogP contribution in [0.5, 0.6) is 0 Å². The van der Waals surface area contributed by atoms with Gasteiger partial charge in [0.25, 0.3) is 5.91 Å². The van der Waals surface area contributed by atoms with E-state index in [0.29, 0.717) is 11.7 Å². The molecule has 0 radical (unpaired) electrons. The minimum atomic E-state index is 0.0267. The Labute approximate surface area is 100 Å². The van der Waals surface area contributed by atoms with Crippen molar-refractivity contribution in [1.29, 1.82) is 0 Å². The van der Waals surface area contributed by atoms with Gasteiger partial charge in [-0.25, -0.2) is 0 Å². The summed E-state index contributed by atoms with van der Waals surface area (Å²) in [4.78, 5) is 15.2. The second-order valence-corrected chi connectivity index (χ2v) is 4.92. The molecule has 1 aromatic carbocycles. The molecular weight excluding hydrogens is 212 g/mol. The Balaban J connectivity index is 2.03. The van der Waals surface area contributed by atoms with Crippen LogP contribution in [0.15, 0.2) is 18.2 Å². The van der Waals surface area contributed by atoms with E-state index in [9.17, 15) is 4.79 Å². The van der Waals surface area contributed by atoms with Gasteiger partial charge in [-0.05, 0) is 44.4 Å². The highest BCUT2D eigenvalue weighted by molar-refractivity contribution is 6.01. The van der Waals surface area contributed by atoms with Crippen molar-refractivity contribution in [2.45, 2.75) is 32.7 Å². The Kier molecular flexibility index (Phi) is 2.21. The zero-order valence-corrected chi connectivity index (χ0v) is 10.1. The van der Waals surface area contributed by atoms with E-state index in [-0.39, 0.29) is 5.91 Å². The number of H-pyrrole nitrogens is 1. The van der Waals surface area contributed by atoms with Gasteiger partial charge in [-0.1, -0.05) is 11.6 Å². The molecule has 2 N–H and O–H groups in total. The smallest absolute Gasteiger partial charge is 0.268 e. The van der Waals surface area contributed by atoms with Crippen LogP contribution in [0.2, 0.25) is 0 Å². The van der Waals surface area contributed by atoms with Crippen molar-refractivity contribution in [3.63, 3.8) is 0 Å². The number of hydrogen-bond acceptors (Lipinski definition) is 1. The molecule has 1 aliphatic rings. The first-order chi connectivity index (χ1) is 8.15. The summed E-state index contributed by atoms with van der Waals surface area (Å²) >= 11 is 0. The number of nitrogens with one attached hydrogen (secondary N) is 2. The number of carbonyl (C=O) groups excluding carboxylic acids is 1. The predicted octanol–water partition coefficient (Wildman–Crippen LogP) is 2.68. The molecule has 0 spiro atoms. The average molecular weight is 228 g/mol. The van der Waals surface area contributed by atoms with Gasteiger partial charge >= 0.3 is 0 Å². The lowest BCUT2D eigenvalue weighted by Crippen LogP contribution is -2.26. The Bertz CT molecular complexity index is 594. The van der Waals surface area contributed by atoms with E-state index in [2.05, 4.69) is 29.4 Å². The van der Waals surface area contributed by atoms with E-state index in [1.165, 1.54) is 5.56 Å². The number of aromatic nitrogens is 1. The van der Waals surface area contributed by atoms with Gasteiger partial charge in [0.1, 0.15) is 5.69 Å². The minimum Gasteiger partial charge on any atom is -0.350 e. The van der Waals surface area contributed by atoms with Gasteiger partial charge in [-0.3, -0.25) is 4.79 Å². The summed E-state index contributed by atoms with van der Waals surface area (Å²) in [5.74, 6) is 0.0267. The maximum Gasteiger partial charge on any atom is 0.268 e. The average Bonchev–Trinajstić information content (AvgIpc) is 3.04. The fourth-order valence-corrected chi connectivity index (χ4v) is 2.15. The Morgan fingerprint density at radius 1 is 1.35 bits per heavy atom. The molecule has 0 saturated heterocycles. The zero-order chi connectivity index (χ0) is 12.0. The van der Waals surface area contributed by atoms with E-state index < -0.39 is 0 Å². The van der Waals surface area contributed by atoms with Gasteiger partial charge < -0.3 is 10.3 Å². The summed E-state index contributed by atoms with van der Waals surface area (Å²) in [5.41, 5.74) is 4.00. The van der Waals surface area contributed by atoms with Crippen molar-refractivity contribution >= 4 is 16.8 Å². The van der Waals surface area contributed by atoms with Gasteiger partial charge in [0.15, 0.2) is 0 Å². The predicted molar refractivity (Wildman–Crippen MR) is 68.3 cm³/mol. The molecule has 3 heteroatoms. The minimum absolute atomic E-state index is 0.0267. The molecule has 3 nitrogen and oxygen atoms in total. The van der Waals surface area contributed by atoms with E-state index in [4.69, 9.17) is 0 Å². The van der Waals surface area contributed by atoms with Crippen molar-refractivity contribution in [1.82, 2.24) is 10.3 Å². The molecule has 0 aliphatic heterocycles. The molecule has 17 heavy (non-hydrogen) atoms. The summed E-state index contributed by atoms with van der Waals surface area (Å²) in [6.45, 7) is 4.07. The van der Waals surface area contributed by atoms with Crippen LogP contribution < -0.4 is 5.32 Å². The molecule has 0 atom stereocenters. The van der Waals surface area contributed by atoms with Crippen molar-refractivity contribution in [2.24, 2.45) is 0 Å². The Hall–Kier alpha value is -1.77. The molecule has 88 valence electrons. The van der Waals surface area contributed by atoms with Crippen LogP contribution in [0.3, 0.4) is 0 Å². The van der Waals surface area contributed by atoms with Gasteiger partial charge in [0.2, 0.25) is 0 Å². The van der Waals surface area contributed by atoms with E-state index in [0.717, 1.165) is 29.3 Å². The van der Waals surface area contributed by atoms with Crippen molar-refractivity contribution in [2.75, 3.05) is 0 Å². The highest BCUT2D eigenvalue weighted by Gasteiger charge is 2.25. The summed E-state index contributed by atoms with van der Waals surface area (Å²) in [6.07, 6.45) is 2.23. The van der Waals surface area contributed by atoms with Crippen molar-refractivity contribution < 1.29 is 4.79 Å². The first-order valence-electron chi connectivity index (χ1n) is 6.05. The first kappa shape index (κ1) is 10.4. The van der Waals surface area contributed by atoms with Gasteiger partial charge in [0, 0.05) is 16.9 Å². The normalized spacial score (nSPS) is 15.2. The summed E-state index contributed by atoms with van der Waals surface area (Å²) in [5, 5.41) is 4.16. The van der Waals surface area contributed by atoms with Crippen molar-refractivity contribution in [3.05, 3.63) is 35.0 Å². The lowest BCUT2D eigenvalue weighted by atomic mass is 10.1. The third-order valence-electron chi connectivity index (χ3n) is 3.35. The quantitative estimate of drug-likeness (QED) is 0.815. The monoisotopic (exact) mass is 228 g/mol. The Morgan fingerprint density at radius 2 is 2.12 bits per heavy atom. The zero-order valence-electron chi connectivity index (χ0n) is 10.1. The van der Waals surface area contributed by atoms with Gasteiger partial charge in [-0.2, -0.15) is 0 Å². The SMILES string of the molecule is Cc1ccc2[nH]c(C(=O)NC3CC3)c(C)c2c1. The number of fused-ring (bicyclic) bond motifs is 1. The molecule has 1 fully saturated rings. The van der Waals surface area contributed by atoms with Crippen LogP contribution in [0.4, 0.5) is 0 Å². The fraction of sp³-hybridized carbons (Fsp3) is 0.357. The van der Waals surface area contributed by atoms with Crippen LogP contribution in [-0.2, 0) is 0 Å². The van der Waals surface area contributed by atoms with Crippen LogP contribution in [0.25, 0.3) is 10.9 Å². The third kappa shape index (κ3) is 1.82. The molecule has 1 amide bonds. The number of aromatic amines is 1. The summed E-state index contributed by atoms with van der Waals surface area (Å²) in [6, 6.07) is 6.61. The highest BCUT2D eigenvalue weighted by Crippen LogP contribution is 2.24. The second-order valence-electron chi connectivity index (χ2n) is 4.92. The molecule has 3 rings (SSSR count).